The number of anilines is 1. The van der Waals surface area contributed by atoms with E-state index in [9.17, 15) is 4.79 Å². The molecule has 0 aromatic carbocycles. The second-order valence-corrected chi connectivity index (χ2v) is 4.60. The van der Waals surface area contributed by atoms with Gasteiger partial charge in [-0.2, -0.15) is 0 Å². The maximum absolute atomic E-state index is 12.2. The van der Waals surface area contributed by atoms with Crippen molar-refractivity contribution in [3.8, 4) is 0 Å². The Bertz CT molecular complexity index is 403. The van der Waals surface area contributed by atoms with E-state index in [0.29, 0.717) is 11.4 Å². The molecule has 0 saturated carbocycles. The minimum atomic E-state index is -0.190. The summed E-state index contributed by atoms with van der Waals surface area (Å²) >= 11 is 0. The highest BCUT2D eigenvalue weighted by atomic mass is 16.2. The highest BCUT2D eigenvalue weighted by molar-refractivity contribution is 5.93. The van der Waals surface area contributed by atoms with Crippen molar-refractivity contribution in [1.29, 1.82) is 0 Å². The van der Waals surface area contributed by atoms with Crippen molar-refractivity contribution in [3.05, 3.63) is 24.0 Å². The number of nitrogens with one attached hydrogen (secondary N) is 1. The van der Waals surface area contributed by atoms with E-state index in [1.807, 2.05) is 13.8 Å². The standard InChI is InChI=1S/C12H20N4O/c1-5-12(2,3)16(4)11(17)10-8-9(15-13)6-7-14-10/h6-8H,5,13H2,1-4H3,(H,14,15). The summed E-state index contributed by atoms with van der Waals surface area (Å²) in [4.78, 5) is 18.0. The lowest BCUT2D eigenvalue weighted by atomic mass is 9.99. The number of hydrogen-bond acceptors (Lipinski definition) is 4. The quantitative estimate of drug-likeness (QED) is 0.615. The molecule has 0 fully saturated rings. The monoisotopic (exact) mass is 236 g/mol. The number of amides is 1. The molecule has 0 aliphatic carbocycles. The lowest BCUT2D eigenvalue weighted by Crippen LogP contribution is -2.44. The van der Waals surface area contributed by atoms with E-state index in [1.165, 1.54) is 0 Å². The third-order valence-electron chi connectivity index (χ3n) is 3.22. The van der Waals surface area contributed by atoms with Gasteiger partial charge in [0.25, 0.3) is 5.91 Å². The van der Waals surface area contributed by atoms with Crippen LogP contribution in [0.4, 0.5) is 5.69 Å². The minimum absolute atomic E-state index is 0.103. The van der Waals surface area contributed by atoms with Crippen LogP contribution in [-0.2, 0) is 0 Å². The average molecular weight is 236 g/mol. The first-order chi connectivity index (χ1) is 7.92. The van der Waals surface area contributed by atoms with Crippen molar-refractivity contribution in [2.24, 2.45) is 5.84 Å². The second-order valence-electron chi connectivity index (χ2n) is 4.60. The molecule has 0 bridgehead atoms. The highest BCUT2D eigenvalue weighted by Crippen LogP contribution is 2.19. The first-order valence-corrected chi connectivity index (χ1v) is 5.63. The van der Waals surface area contributed by atoms with Gasteiger partial charge in [-0.05, 0) is 32.4 Å². The van der Waals surface area contributed by atoms with Gasteiger partial charge >= 0.3 is 0 Å². The molecule has 5 nitrogen and oxygen atoms in total. The van der Waals surface area contributed by atoms with Crippen LogP contribution in [0.25, 0.3) is 0 Å². The fourth-order valence-corrected chi connectivity index (χ4v) is 1.32. The molecular formula is C12H20N4O. The molecule has 0 aliphatic heterocycles. The van der Waals surface area contributed by atoms with E-state index in [1.54, 1.807) is 30.3 Å². The van der Waals surface area contributed by atoms with Gasteiger partial charge in [-0.1, -0.05) is 6.92 Å². The van der Waals surface area contributed by atoms with Crippen molar-refractivity contribution in [2.75, 3.05) is 12.5 Å². The van der Waals surface area contributed by atoms with E-state index in [-0.39, 0.29) is 11.4 Å². The predicted octanol–water partition coefficient (Wildman–Crippen LogP) is 1.63. The van der Waals surface area contributed by atoms with Gasteiger partial charge < -0.3 is 10.3 Å². The number of hydrazine groups is 1. The molecule has 0 radical (unpaired) electrons. The summed E-state index contributed by atoms with van der Waals surface area (Å²) in [5.74, 6) is 5.20. The maximum Gasteiger partial charge on any atom is 0.272 e. The number of rotatable bonds is 4. The molecule has 1 heterocycles. The zero-order valence-corrected chi connectivity index (χ0v) is 10.8. The Morgan fingerprint density at radius 2 is 2.24 bits per heavy atom. The van der Waals surface area contributed by atoms with Crippen LogP contribution in [0.5, 0.6) is 0 Å². The Labute approximate surface area is 102 Å². The lowest BCUT2D eigenvalue weighted by molar-refractivity contribution is 0.0614. The summed E-state index contributed by atoms with van der Waals surface area (Å²) in [5, 5.41) is 0. The summed E-state index contributed by atoms with van der Waals surface area (Å²) in [6.07, 6.45) is 2.44. The molecule has 1 amide bonds. The Morgan fingerprint density at radius 3 is 2.76 bits per heavy atom. The fraction of sp³-hybridized carbons (Fsp3) is 0.500. The van der Waals surface area contributed by atoms with Gasteiger partial charge in [0.2, 0.25) is 0 Å². The molecular weight excluding hydrogens is 216 g/mol. The van der Waals surface area contributed by atoms with Crippen molar-refractivity contribution in [2.45, 2.75) is 32.7 Å². The SMILES string of the molecule is CCC(C)(C)N(C)C(=O)c1cc(NN)ccn1. The number of pyridine rings is 1. The smallest absolute Gasteiger partial charge is 0.272 e. The fourth-order valence-electron chi connectivity index (χ4n) is 1.32. The maximum atomic E-state index is 12.2. The van der Waals surface area contributed by atoms with Crippen molar-refractivity contribution < 1.29 is 4.79 Å². The first kappa shape index (κ1) is 13.4. The molecule has 1 aromatic rings. The zero-order chi connectivity index (χ0) is 13.1. The third-order valence-corrected chi connectivity index (χ3v) is 3.22. The molecule has 0 atom stereocenters. The Hall–Kier alpha value is -1.62. The Balaban J connectivity index is 2.96. The molecule has 3 N–H and O–H groups in total. The third kappa shape index (κ3) is 2.94. The second kappa shape index (κ2) is 5.14. The molecule has 1 aromatic heterocycles. The minimum Gasteiger partial charge on any atom is -0.335 e. The van der Waals surface area contributed by atoms with Gasteiger partial charge in [0, 0.05) is 18.8 Å². The van der Waals surface area contributed by atoms with Gasteiger partial charge in [0.15, 0.2) is 0 Å². The highest BCUT2D eigenvalue weighted by Gasteiger charge is 2.27. The summed E-state index contributed by atoms with van der Waals surface area (Å²) in [5.41, 5.74) is 3.38. The van der Waals surface area contributed by atoms with Crippen LogP contribution in [0.2, 0.25) is 0 Å². The van der Waals surface area contributed by atoms with Crippen LogP contribution >= 0.6 is 0 Å². The number of nitrogens with zero attached hydrogens (tertiary/aromatic N) is 2. The number of aromatic nitrogens is 1. The van der Waals surface area contributed by atoms with Crippen LogP contribution in [0.1, 0.15) is 37.7 Å². The molecule has 0 saturated heterocycles. The zero-order valence-electron chi connectivity index (χ0n) is 10.8. The van der Waals surface area contributed by atoms with Gasteiger partial charge in [-0.15, -0.1) is 0 Å². The van der Waals surface area contributed by atoms with Crippen molar-refractivity contribution in [3.63, 3.8) is 0 Å². The van der Waals surface area contributed by atoms with Crippen LogP contribution in [0, 0.1) is 0 Å². The average Bonchev–Trinajstić information content (AvgIpc) is 2.37. The lowest BCUT2D eigenvalue weighted by Gasteiger charge is -2.34. The first-order valence-electron chi connectivity index (χ1n) is 5.63. The number of carbonyl (C=O) groups is 1. The van der Waals surface area contributed by atoms with Gasteiger partial charge in [0.05, 0.1) is 5.69 Å². The number of carbonyl (C=O) groups excluding carboxylic acids is 1. The molecule has 0 unspecified atom stereocenters. The van der Waals surface area contributed by atoms with Crippen LogP contribution in [0.15, 0.2) is 18.3 Å². The molecule has 5 heteroatoms. The molecule has 1 rings (SSSR count). The van der Waals surface area contributed by atoms with Crippen molar-refractivity contribution in [1.82, 2.24) is 9.88 Å². The normalized spacial score (nSPS) is 11.1. The van der Waals surface area contributed by atoms with E-state index >= 15 is 0 Å². The summed E-state index contributed by atoms with van der Waals surface area (Å²) in [6, 6.07) is 3.35. The van der Waals surface area contributed by atoms with Crippen LogP contribution < -0.4 is 11.3 Å². The van der Waals surface area contributed by atoms with Gasteiger partial charge in [-0.3, -0.25) is 15.6 Å². The Kier molecular flexibility index (Phi) is 4.07. The van der Waals surface area contributed by atoms with E-state index < -0.39 is 0 Å². The largest absolute Gasteiger partial charge is 0.335 e. The molecule has 17 heavy (non-hydrogen) atoms. The topological polar surface area (TPSA) is 71.2 Å². The van der Waals surface area contributed by atoms with E-state index in [4.69, 9.17) is 5.84 Å². The van der Waals surface area contributed by atoms with Gasteiger partial charge in [0.1, 0.15) is 5.69 Å². The van der Waals surface area contributed by atoms with E-state index in [0.717, 1.165) is 6.42 Å². The summed E-state index contributed by atoms with van der Waals surface area (Å²) < 4.78 is 0. The summed E-state index contributed by atoms with van der Waals surface area (Å²) in [7, 11) is 1.79. The van der Waals surface area contributed by atoms with E-state index in [2.05, 4.69) is 17.3 Å². The molecule has 0 spiro atoms. The predicted molar refractivity (Wildman–Crippen MR) is 68.5 cm³/mol. The Morgan fingerprint density at radius 1 is 1.59 bits per heavy atom. The number of nitrogen functional groups attached to an aromatic ring is 1. The van der Waals surface area contributed by atoms with Crippen LogP contribution in [-0.4, -0.2) is 28.4 Å². The van der Waals surface area contributed by atoms with Gasteiger partial charge in [-0.25, -0.2) is 0 Å². The van der Waals surface area contributed by atoms with Crippen molar-refractivity contribution >= 4 is 11.6 Å². The number of hydrogen-bond donors (Lipinski definition) is 2. The molecule has 94 valence electrons. The molecule has 0 aliphatic rings. The van der Waals surface area contributed by atoms with Crippen LogP contribution in [0.3, 0.4) is 0 Å². The summed E-state index contributed by atoms with van der Waals surface area (Å²) in [6.45, 7) is 6.10. The number of nitrogens with two attached hydrogens (primary N) is 1.